The Morgan fingerprint density at radius 1 is 1.28 bits per heavy atom. The molecule has 3 heterocycles. The van der Waals surface area contributed by atoms with Crippen LogP contribution >= 0.6 is 11.8 Å². The van der Waals surface area contributed by atoms with Crippen LogP contribution in [0.1, 0.15) is 23.8 Å². The minimum absolute atomic E-state index is 0.100. The molecule has 4 rings (SSSR count). The van der Waals surface area contributed by atoms with Crippen molar-refractivity contribution in [3.8, 4) is 5.75 Å². The number of methoxy groups -OCH3 is 1. The van der Waals surface area contributed by atoms with Gasteiger partial charge in [0.2, 0.25) is 0 Å². The van der Waals surface area contributed by atoms with Crippen molar-refractivity contribution in [2.75, 3.05) is 12.9 Å². The van der Waals surface area contributed by atoms with Crippen LogP contribution in [-0.4, -0.2) is 29.5 Å². The number of ether oxygens (including phenoxy) is 1. The summed E-state index contributed by atoms with van der Waals surface area (Å²) in [5, 5.41) is 18.3. The lowest BCUT2D eigenvalue weighted by Crippen LogP contribution is -2.31. The third-order valence-electron chi connectivity index (χ3n) is 4.59. The summed E-state index contributed by atoms with van der Waals surface area (Å²) >= 11 is 1.19. The van der Waals surface area contributed by atoms with E-state index in [2.05, 4.69) is 5.10 Å². The Kier molecular flexibility index (Phi) is 5.53. The van der Waals surface area contributed by atoms with Gasteiger partial charge in [0.1, 0.15) is 17.6 Å². The smallest absolute Gasteiger partial charge is 0.253 e. The quantitative estimate of drug-likeness (QED) is 0.354. The van der Waals surface area contributed by atoms with E-state index in [-0.39, 0.29) is 17.7 Å². The van der Waals surface area contributed by atoms with Crippen molar-refractivity contribution in [3.05, 3.63) is 83.6 Å². The Labute approximate surface area is 172 Å². The average Bonchev–Trinajstić information content (AvgIpc) is 3.43. The largest absolute Gasteiger partial charge is 0.618 e. The van der Waals surface area contributed by atoms with Crippen LogP contribution in [0.2, 0.25) is 0 Å². The second-order valence-corrected chi connectivity index (χ2v) is 7.40. The van der Waals surface area contributed by atoms with Gasteiger partial charge in [0, 0.05) is 18.6 Å². The highest BCUT2D eigenvalue weighted by Gasteiger charge is 2.35. The summed E-state index contributed by atoms with van der Waals surface area (Å²) in [6.45, 7) is 0. The van der Waals surface area contributed by atoms with Crippen LogP contribution < -0.4 is 9.47 Å². The van der Waals surface area contributed by atoms with E-state index in [9.17, 15) is 10.0 Å². The van der Waals surface area contributed by atoms with E-state index in [1.807, 2.05) is 30.3 Å². The molecule has 29 heavy (non-hydrogen) atoms. The van der Waals surface area contributed by atoms with Crippen LogP contribution in [0.5, 0.6) is 5.75 Å². The van der Waals surface area contributed by atoms with Crippen LogP contribution in [0, 0.1) is 5.21 Å². The Morgan fingerprint density at radius 3 is 2.79 bits per heavy atom. The molecule has 1 aliphatic heterocycles. The van der Waals surface area contributed by atoms with Gasteiger partial charge in [0.25, 0.3) is 10.9 Å². The predicted octanol–water partition coefficient (Wildman–Crippen LogP) is 3.39. The minimum atomic E-state index is -0.314. The summed E-state index contributed by atoms with van der Waals surface area (Å²) < 4.78 is 11.5. The van der Waals surface area contributed by atoms with Crippen LogP contribution in [-0.2, 0) is 4.79 Å². The molecule has 0 saturated carbocycles. The number of hydrogen-bond donors (Lipinski definition) is 0. The molecule has 1 amide bonds. The number of carbonyl (C=O) groups is 1. The van der Waals surface area contributed by atoms with Gasteiger partial charge in [-0.25, -0.2) is 5.01 Å². The molecule has 2 aromatic heterocycles. The fraction of sp³-hybridized carbons (Fsp3) is 0.190. The van der Waals surface area contributed by atoms with Crippen LogP contribution in [0.25, 0.3) is 0 Å². The van der Waals surface area contributed by atoms with Crippen LogP contribution in [0.3, 0.4) is 0 Å². The maximum Gasteiger partial charge on any atom is 0.253 e. The minimum Gasteiger partial charge on any atom is -0.618 e. The molecule has 0 saturated heterocycles. The molecule has 0 N–H and O–H groups in total. The number of carbonyl (C=O) groups excluding carboxylic acids is 1. The first-order chi connectivity index (χ1) is 14.2. The lowest BCUT2D eigenvalue weighted by atomic mass is 10.0. The number of nitrogens with zero attached hydrogens (tertiary/aromatic N) is 3. The summed E-state index contributed by atoms with van der Waals surface area (Å²) in [6, 6.07) is 16.0. The van der Waals surface area contributed by atoms with Crippen molar-refractivity contribution in [1.29, 1.82) is 0 Å². The van der Waals surface area contributed by atoms with E-state index in [1.54, 1.807) is 37.6 Å². The molecule has 3 aromatic rings. The SMILES string of the molecule is COc1ccc(C2=NN(C(=O)CSc3cccc[n+]3[O-])[C@@H](c3ccco3)C2)cc1. The van der Waals surface area contributed by atoms with Gasteiger partial charge >= 0.3 is 0 Å². The van der Waals surface area contributed by atoms with Gasteiger partial charge in [0.05, 0.1) is 24.8 Å². The summed E-state index contributed by atoms with van der Waals surface area (Å²) in [5.41, 5.74) is 1.72. The lowest BCUT2D eigenvalue weighted by Gasteiger charge is -2.19. The predicted molar refractivity (Wildman–Crippen MR) is 109 cm³/mol. The van der Waals surface area contributed by atoms with Crippen molar-refractivity contribution < 1.29 is 18.7 Å². The Balaban J connectivity index is 1.55. The van der Waals surface area contributed by atoms with Gasteiger partial charge < -0.3 is 14.4 Å². The molecule has 148 valence electrons. The van der Waals surface area contributed by atoms with E-state index in [0.29, 0.717) is 17.2 Å². The van der Waals surface area contributed by atoms with Gasteiger partial charge in [-0.3, -0.25) is 4.79 Å². The highest BCUT2D eigenvalue weighted by molar-refractivity contribution is 7.99. The zero-order chi connectivity index (χ0) is 20.2. The summed E-state index contributed by atoms with van der Waals surface area (Å²) in [5.74, 6) is 1.34. The van der Waals surface area contributed by atoms with Crippen molar-refractivity contribution >= 4 is 23.4 Å². The molecule has 1 atom stereocenters. The molecular formula is C21H19N3O4S. The van der Waals surface area contributed by atoms with E-state index in [4.69, 9.17) is 9.15 Å². The highest BCUT2D eigenvalue weighted by atomic mass is 32.2. The van der Waals surface area contributed by atoms with Gasteiger partial charge in [-0.15, -0.1) is 0 Å². The lowest BCUT2D eigenvalue weighted by molar-refractivity contribution is -0.645. The maximum absolute atomic E-state index is 12.9. The molecule has 0 unspecified atom stereocenters. The molecule has 7 nitrogen and oxygen atoms in total. The normalized spacial score (nSPS) is 16.0. The van der Waals surface area contributed by atoms with E-state index in [1.165, 1.54) is 23.0 Å². The summed E-state index contributed by atoms with van der Waals surface area (Å²) in [7, 11) is 1.62. The zero-order valence-electron chi connectivity index (χ0n) is 15.7. The van der Waals surface area contributed by atoms with E-state index >= 15 is 0 Å². The third-order valence-corrected chi connectivity index (χ3v) is 5.60. The molecule has 0 spiro atoms. The molecule has 1 aromatic carbocycles. The first-order valence-electron chi connectivity index (χ1n) is 9.04. The van der Waals surface area contributed by atoms with Crippen LogP contribution in [0.4, 0.5) is 0 Å². The Hall–Kier alpha value is -3.26. The molecule has 0 radical (unpaired) electrons. The van der Waals surface area contributed by atoms with Gasteiger partial charge in [-0.2, -0.15) is 9.83 Å². The van der Waals surface area contributed by atoms with E-state index in [0.717, 1.165) is 21.8 Å². The highest BCUT2D eigenvalue weighted by Crippen LogP contribution is 2.34. The Bertz CT molecular complexity index is 1020. The zero-order valence-corrected chi connectivity index (χ0v) is 16.5. The van der Waals surface area contributed by atoms with Gasteiger partial charge in [0.15, 0.2) is 6.20 Å². The number of pyridine rings is 1. The number of hydrogen-bond acceptors (Lipinski definition) is 6. The van der Waals surface area contributed by atoms with Crippen LogP contribution in [0.15, 0.2) is 81.6 Å². The summed E-state index contributed by atoms with van der Waals surface area (Å²) in [4.78, 5) is 12.9. The van der Waals surface area contributed by atoms with Crippen molar-refractivity contribution in [1.82, 2.24) is 5.01 Å². The second kappa shape index (κ2) is 8.40. The fourth-order valence-corrected chi connectivity index (χ4v) is 3.89. The van der Waals surface area contributed by atoms with Gasteiger partial charge in [-0.1, -0.05) is 0 Å². The molecule has 0 bridgehead atoms. The number of benzene rings is 1. The summed E-state index contributed by atoms with van der Waals surface area (Å²) in [6.07, 6.45) is 3.54. The van der Waals surface area contributed by atoms with Crippen molar-refractivity contribution in [2.45, 2.75) is 17.5 Å². The first-order valence-corrected chi connectivity index (χ1v) is 10.0. The number of amides is 1. The number of rotatable bonds is 6. The number of aromatic nitrogens is 1. The van der Waals surface area contributed by atoms with E-state index < -0.39 is 0 Å². The fourth-order valence-electron chi connectivity index (χ4n) is 3.13. The molecule has 8 heteroatoms. The number of thioether (sulfide) groups is 1. The number of furan rings is 1. The maximum atomic E-state index is 12.9. The monoisotopic (exact) mass is 409 g/mol. The van der Waals surface area contributed by atoms with Crippen molar-refractivity contribution in [2.24, 2.45) is 5.10 Å². The van der Waals surface area contributed by atoms with Crippen molar-refractivity contribution in [3.63, 3.8) is 0 Å². The third kappa shape index (κ3) is 4.12. The second-order valence-electron chi connectivity index (χ2n) is 6.40. The number of hydrazone groups is 1. The first kappa shape index (κ1) is 19.1. The molecule has 0 aliphatic carbocycles. The molecule has 1 aliphatic rings. The average molecular weight is 409 g/mol. The van der Waals surface area contributed by atoms with Gasteiger partial charge in [-0.05, 0) is 59.8 Å². The standard InChI is InChI=1S/C21H19N3O4S/c1-27-16-9-7-15(8-10-16)17-13-18(19-5-4-12-28-19)24(22-17)20(25)14-29-21-6-2-3-11-23(21)26/h2-12,18H,13-14H2,1H3/t18-/m1/s1. The Morgan fingerprint density at radius 2 is 2.10 bits per heavy atom. The molecule has 0 fully saturated rings. The topological polar surface area (TPSA) is 82.0 Å². The molecular weight excluding hydrogens is 390 g/mol.